The lowest BCUT2D eigenvalue weighted by Gasteiger charge is -2.34. The fourth-order valence-corrected chi connectivity index (χ4v) is 5.57. The van der Waals surface area contributed by atoms with E-state index < -0.39 is 38.1 Å². The number of nitrogens with one attached hydrogen (secondary N) is 1. The van der Waals surface area contributed by atoms with Gasteiger partial charge in [0.1, 0.15) is 10.6 Å². The number of sulfonamides is 1. The second-order valence-electron chi connectivity index (χ2n) is 7.44. The number of aromatic nitrogens is 1. The number of benzene rings is 2. The number of fused-ring (bicyclic) bond motifs is 1. The van der Waals surface area contributed by atoms with Crippen molar-refractivity contribution in [3.8, 4) is 0 Å². The zero-order valence-corrected chi connectivity index (χ0v) is 18.5. The van der Waals surface area contributed by atoms with Crippen molar-refractivity contribution in [1.29, 1.82) is 0 Å². The molecule has 0 atom stereocenters. The lowest BCUT2D eigenvalue weighted by Crippen LogP contribution is -2.50. The van der Waals surface area contributed by atoms with Crippen LogP contribution in [0, 0.1) is 0 Å². The molecule has 1 amide bonds. The van der Waals surface area contributed by atoms with Crippen molar-refractivity contribution < 1.29 is 26.4 Å². The molecule has 0 aliphatic carbocycles. The van der Waals surface area contributed by atoms with Gasteiger partial charge in [0, 0.05) is 31.6 Å². The maximum Gasteiger partial charge on any atom is 0.416 e. The summed E-state index contributed by atoms with van der Waals surface area (Å²) in [6.45, 7) is -0.302. The molecule has 1 aromatic heterocycles. The maximum atomic E-state index is 13.0. The van der Waals surface area contributed by atoms with E-state index in [1.807, 2.05) is 0 Å². The number of H-pyrrole nitrogens is 1. The minimum absolute atomic E-state index is 0.0104. The van der Waals surface area contributed by atoms with E-state index in [2.05, 4.69) is 4.98 Å². The number of alkyl halides is 3. The highest BCUT2D eigenvalue weighted by Crippen LogP contribution is 2.34. The van der Waals surface area contributed by atoms with Crippen molar-refractivity contribution in [2.24, 2.45) is 0 Å². The van der Waals surface area contributed by atoms with E-state index in [0.29, 0.717) is 22.9 Å². The van der Waals surface area contributed by atoms with Gasteiger partial charge < -0.3 is 9.88 Å². The molecule has 174 valence electrons. The van der Waals surface area contributed by atoms with Gasteiger partial charge in [0.15, 0.2) is 0 Å². The number of amides is 1. The Morgan fingerprint density at radius 2 is 1.67 bits per heavy atom. The number of carbonyl (C=O) groups excluding carboxylic acids is 1. The molecule has 12 heteroatoms. The molecule has 1 fully saturated rings. The quantitative estimate of drug-likeness (QED) is 0.598. The number of halogens is 4. The Kier molecular flexibility index (Phi) is 5.97. The molecule has 0 unspecified atom stereocenters. The van der Waals surface area contributed by atoms with E-state index >= 15 is 0 Å². The molecule has 0 spiro atoms. The second-order valence-corrected chi connectivity index (χ2v) is 9.75. The first-order valence-corrected chi connectivity index (χ1v) is 11.6. The van der Waals surface area contributed by atoms with E-state index in [1.165, 1.54) is 4.90 Å². The zero-order valence-electron chi connectivity index (χ0n) is 16.9. The van der Waals surface area contributed by atoms with Crippen LogP contribution in [0.1, 0.15) is 16.1 Å². The van der Waals surface area contributed by atoms with Crippen LogP contribution in [0.5, 0.6) is 0 Å². The van der Waals surface area contributed by atoms with Gasteiger partial charge in [-0.25, -0.2) is 8.42 Å². The molecule has 1 aliphatic rings. The minimum atomic E-state index is -4.73. The highest BCUT2D eigenvalue weighted by atomic mass is 35.5. The fraction of sp³-hybridized carbons (Fsp3) is 0.238. The molecule has 1 aliphatic heterocycles. The largest absolute Gasteiger partial charge is 0.416 e. The third kappa shape index (κ3) is 4.48. The smallest absolute Gasteiger partial charge is 0.335 e. The van der Waals surface area contributed by atoms with Crippen LogP contribution in [-0.2, 0) is 16.2 Å². The van der Waals surface area contributed by atoms with Gasteiger partial charge >= 0.3 is 6.18 Å². The first-order chi connectivity index (χ1) is 15.5. The Morgan fingerprint density at radius 3 is 2.33 bits per heavy atom. The monoisotopic (exact) mass is 499 g/mol. The summed E-state index contributed by atoms with van der Waals surface area (Å²) in [6.07, 6.45) is -4.73. The van der Waals surface area contributed by atoms with Gasteiger partial charge in [0.05, 0.1) is 10.6 Å². The van der Waals surface area contributed by atoms with Crippen LogP contribution < -0.4 is 5.56 Å². The van der Waals surface area contributed by atoms with Crippen LogP contribution in [0.3, 0.4) is 0 Å². The van der Waals surface area contributed by atoms with Gasteiger partial charge in [0.2, 0.25) is 10.0 Å². The minimum Gasteiger partial charge on any atom is -0.335 e. The standard InChI is InChI=1S/C21H17ClF3N3O4S/c22-16-6-5-14(21(23,24)25)12-18(16)33(31,32)28-9-7-27(8-10-28)20(30)17-11-13-3-1-2-4-15(13)19(29)26-17/h1-6,11-12H,7-10H2,(H,26,29). The SMILES string of the molecule is O=C(c1cc2ccccc2c(=O)[nH]1)N1CCN(S(=O)(=O)c2cc(C(F)(F)F)ccc2Cl)CC1. The number of pyridine rings is 1. The van der Waals surface area contributed by atoms with E-state index in [4.69, 9.17) is 11.6 Å². The summed E-state index contributed by atoms with van der Waals surface area (Å²) in [5.41, 5.74) is -1.48. The van der Waals surface area contributed by atoms with E-state index in [-0.39, 0.29) is 36.9 Å². The highest BCUT2D eigenvalue weighted by molar-refractivity contribution is 7.89. The van der Waals surface area contributed by atoms with Crippen LogP contribution in [0.4, 0.5) is 13.2 Å². The van der Waals surface area contributed by atoms with Crippen molar-refractivity contribution in [3.05, 3.63) is 75.2 Å². The van der Waals surface area contributed by atoms with Gasteiger partial charge in [-0.15, -0.1) is 0 Å². The lowest BCUT2D eigenvalue weighted by molar-refractivity contribution is -0.137. The van der Waals surface area contributed by atoms with Gasteiger partial charge in [-0.1, -0.05) is 29.8 Å². The summed E-state index contributed by atoms with van der Waals surface area (Å²) in [6, 6.07) is 10.4. The average Bonchev–Trinajstić information content (AvgIpc) is 2.78. The van der Waals surface area contributed by atoms with E-state index in [0.717, 1.165) is 10.4 Å². The second kappa shape index (κ2) is 8.47. The first kappa shape index (κ1) is 23.3. The normalized spacial score (nSPS) is 15.7. The molecule has 33 heavy (non-hydrogen) atoms. The zero-order chi connectivity index (χ0) is 24.0. The van der Waals surface area contributed by atoms with Gasteiger partial charge in [-0.3, -0.25) is 9.59 Å². The van der Waals surface area contributed by atoms with Crippen molar-refractivity contribution >= 4 is 38.3 Å². The molecule has 3 aromatic rings. The van der Waals surface area contributed by atoms with E-state index in [1.54, 1.807) is 30.3 Å². The molecule has 0 saturated carbocycles. The Labute approximate surface area is 191 Å². The van der Waals surface area contributed by atoms with Crippen LogP contribution in [-0.4, -0.2) is 54.7 Å². The molecule has 7 nitrogen and oxygen atoms in total. The molecule has 1 N–H and O–H groups in total. The Hall–Kier alpha value is -2.89. The van der Waals surface area contributed by atoms with Crippen LogP contribution in [0.2, 0.25) is 5.02 Å². The molecule has 2 heterocycles. The third-order valence-corrected chi connectivity index (χ3v) is 7.77. The molecule has 0 radical (unpaired) electrons. The summed E-state index contributed by atoms with van der Waals surface area (Å²) in [5, 5.41) is 0.697. The molecule has 1 saturated heterocycles. The van der Waals surface area contributed by atoms with Crippen LogP contribution in [0.25, 0.3) is 10.8 Å². The van der Waals surface area contributed by atoms with Crippen LogP contribution >= 0.6 is 11.6 Å². The van der Waals surface area contributed by atoms with Crippen LogP contribution in [0.15, 0.2) is 58.2 Å². The number of rotatable bonds is 3. The summed E-state index contributed by atoms with van der Waals surface area (Å²) in [4.78, 5) is 28.4. The Morgan fingerprint density at radius 1 is 1.00 bits per heavy atom. The number of aromatic amines is 1. The average molecular weight is 500 g/mol. The molecular formula is C21H17ClF3N3O4S. The van der Waals surface area contributed by atoms with Crippen molar-refractivity contribution in [3.63, 3.8) is 0 Å². The first-order valence-electron chi connectivity index (χ1n) is 9.77. The lowest BCUT2D eigenvalue weighted by atomic mass is 10.1. The number of nitrogens with zero attached hydrogens (tertiary/aromatic N) is 2. The molecule has 4 rings (SSSR count). The van der Waals surface area contributed by atoms with Gasteiger partial charge in [-0.05, 0) is 35.7 Å². The predicted molar refractivity (Wildman–Crippen MR) is 116 cm³/mol. The fourth-order valence-electron chi connectivity index (χ4n) is 3.64. The summed E-state index contributed by atoms with van der Waals surface area (Å²) < 4.78 is 66.0. The molecular weight excluding hydrogens is 483 g/mol. The number of hydrogen-bond donors (Lipinski definition) is 1. The predicted octanol–water partition coefficient (Wildman–Crippen LogP) is 3.35. The number of hydrogen-bond acceptors (Lipinski definition) is 4. The van der Waals surface area contributed by atoms with Crippen molar-refractivity contribution in [2.45, 2.75) is 11.1 Å². The topological polar surface area (TPSA) is 90.6 Å². The Bertz CT molecular complexity index is 1400. The van der Waals surface area contributed by atoms with Gasteiger partial charge in [0.25, 0.3) is 11.5 Å². The van der Waals surface area contributed by atoms with Gasteiger partial charge in [-0.2, -0.15) is 17.5 Å². The molecule has 2 aromatic carbocycles. The number of piperazine rings is 1. The summed E-state index contributed by atoms with van der Waals surface area (Å²) in [7, 11) is -4.32. The van der Waals surface area contributed by atoms with Crippen molar-refractivity contribution in [2.75, 3.05) is 26.2 Å². The van der Waals surface area contributed by atoms with E-state index in [9.17, 15) is 31.2 Å². The van der Waals surface area contributed by atoms with Crippen molar-refractivity contribution in [1.82, 2.24) is 14.2 Å². The summed E-state index contributed by atoms with van der Waals surface area (Å²) in [5.74, 6) is -0.480. The molecule has 0 bridgehead atoms. The highest BCUT2D eigenvalue weighted by Gasteiger charge is 2.36. The maximum absolute atomic E-state index is 13.0. The third-order valence-electron chi connectivity index (χ3n) is 5.39. The summed E-state index contributed by atoms with van der Waals surface area (Å²) >= 11 is 5.90. The number of carbonyl (C=O) groups is 1. The Balaban J connectivity index is 1.53.